The average molecular weight is 366 g/mol. The Balaban J connectivity index is 1.97. The Kier molecular flexibility index (Phi) is 3.27. The van der Waals surface area contributed by atoms with Gasteiger partial charge in [0, 0.05) is 44.2 Å². The van der Waals surface area contributed by atoms with E-state index in [2.05, 4.69) is 56.9 Å². The van der Waals surface area contributed by atoms with Crippen LogP contribution in [0.25, 0.3) is 21.8 Å². The Labute approximate surface area is 142 Å². The summed E-state index contributed by atoms with van der Waals surface area (Å²) in [5, 5.41) is 2.29. The summed E-state index contributed by atoms with van der Waals surface area (Å²) in [4.78, 5) is 0. The molecule has 0 atom stereocenters. The van der Waals surface area contributed by atoms with Crippen LogP contribution in [0.3, 0.4) is 0 Å². The number of rotatable bonds is 2. The predicted molar refractivity (Wildman–Crippen MR) is 102 cm³/mol. The molecule has 0 unspecified atom stereocenters. The van der Waals surface area contributed by atoms with Gasteiger partial charge in [0.2, 0.25) is 0 Å². The molecular formula is C19H16BrN3. The van der Waals surface area contributed by atoms with Crippen LogP contribution in [0.15, 0.2) is 65.1 Å². The maximum absolute atomic E-state index is 5.99. The molecule has 23 heavy (non-hydrogen) atoms. The highest BCUT2D eigenvalue weighted by Crippen LogP contribution is 2.32. The second-order valence-electron chi connectivity index (χ2n) is 5.77. The van der Waals surface area contributed by atoms with Crippen molar-refractivity contribution in [2.75, 3.05) is 11.5 Å². The average Bonchev–Trinajstić information content (AvgIpc) is 2.82. The van der Waals surface area contributed by atoms with Gasteiger partial charge in [-0.1, -0.05) is 28.1 Å². The zero-order valence-corrected chi connectivity index (χ0v) is 14.0. The Morgan fingerprint density at radius 1 is 0.739 bits per heavy atom. The molecule has 3 nitrogen and oxygen atoms in total. The molecule has 4 aromatic rings. The van der Waals surface area contributed by atoms with Crippen LogP contribution in [0, 0.1) is 0 Å². The number of aromatic nitrogens is 1. The number of hydrogen-bond donors (Lipinski definition) is 2. The summed E-state index contributed by atoms with van der Waals surface area (Å²) in [6.45, 7) is 0.807. The summed E-state index contributed by atoms with van der Waals surface area (Å²) in [5.74, 6) is 0. The Hall–Kier alpha value is -2.46. The normalized spacial score (nSPS) is 11.3. The Morgan fingerprint density at radius 3 is 1.78 bits per heavy atom. The van der Waals surface area contributed by atoms with Crippen LogP contribution in [0.5, 0.6) is 0 Å². The van der Waals surface area contributed by atoms with Crippen molar-refractivity contribution in [3.8, 4) is 0 Å². The number of fused-ring (bicyclic) bond motifs is 3. The van der Waals surface area contributed by atoms with Crippen molar-refractivity contribution >= 4 is 49.1 Å². The van der Waals surface area contributed by atoms with Gasteiger partial charge in [0.1, 0.15) is 0 Å². The molecular weight excluding hydrogens is 350 g/mol. The molecule has 0 aliphatic carbocycles. The van der Waals surface area contributed by atoms with Gasteiger partial charge in [-0.05, 0) is 54.1 Å². The molecule has 114 valence electrons. The van der Waals surface area contributed by atoms with Crippen LogP contribution < -0.4 is 11.5 Å². The van der Waals surface area contributed by atoms with Crippen molar-refractivity contribution in [1.29, 1.82) is 0 Å². The van der Waals surface area contributed by atoms with E-state index in [1.165, 1.54) is 16.6 Å². The topological polar surface area (TPSA) is 57.0 Å². The smallest absolute Gasteiger partial charge is 0.0496 e. The summed E-state index contributed by atoms with van der Waals surface area (Å²) in [7, 11) is 0. The van der Waals surface area contributed by atoms with Crippen LogP contribution >= 0.6 is 15.9 Å². The lowest BCUT2D eigenvalue weighted by Gasteiger charge is -2.08. The molecule has 4 heteroatoms. The number of nitrogens with two attached hydrogens (primary N) is 2. The van der Waals surface area contributed by atoms with Crippen LogP contribution in [0.4, 0.5) is 11.4 Å². The van der Waals surface area contributed by atoms with Gasteiger partial charge >= 0.3 is 0 Å². The van der Waals surface area contributed by atoms with Crippen molar-refractivity contribution in [2.24, 2.45) is 0 Å². The van der Waals surface area contributed by atoms with Gasteiger partial charge in [0.15, 0.2) is 0 Å². The fraction of sp³-hybridized carbons (Fsp3) is 0.0526. The monoisotopic (exact) mass is 365 g/mol. The van der Waals surface area contributed by atoms with Crippen LogP contribution in [-0.4, -0.2) is 4.57 Å². The molecule has 4 rings (SSSR count). The molecule has 0 amide bonds. The first-order chi connectivity index (χ1) is 11.1. The molecule has 0 aliphatic heterocycles. The quantitative estimate of drug-likeness (QED) is 0.502. The molecule has 1 aromatic heterocycles. The van der Waals surface area contributed by atoms with Crippen molar-refractivity contribution in [1.82, 2.24) is 4.57 Å². The molecule has 1 heterocycles. The SMILES string of the molecule is Nc1ccc2c(c1)c1cc(N)ccc1n2Cc1ccc(Br)cc1. The van der Waals surface area contributed by atoms with Crippen molar-refractivity contribution in [3.05, 3.63) is 70.7 Å². The van der Waals surface area contributed by atoms with E-state index in [1.807, 2.05) is 24.3 Å². The molecule has 0 bridgehead atoms. The fourth-order valence-electron chi connectivity index (χ4n) is 3.08. The number of nitrogens with zero attached hydrogens (tertiary/aromatic N) is 1. The maximum atomic E-state index is 5.99. The second-order valence-corrected chi connectivity index (χ2v) is 6.68. The number of anilines is 2. The van der Waals surface area contributed by atoms with E-state index >= 15 is 0 Å². The van der Waals surface area contributed by atoms with Gasteiger partial charge in [0.25, 0.3) is 0 Å². The van der Waals surface area contributed by atoms with Crippen LogP contribution in [0.1, 0.15) is 5.56 Å². The van der Waals surface area contributed by atoms with E-state index in [0.29, 0.717) is 0 Å². The lowest BCUT2D eigenvalue weighted by atomic mass is 10.1. The molecule has 4 N–H and O–H groups in total. The lowest BCUT2D eigenvalue weighted by molar-refractivity contribution is 0.869. The first-order valence-corrected chi connectivity index (χ1v) is 8.22. The summed E-state index contributed by atoms with van der Waals surface area (Å²) < 4.78 is 3.40. The standard InChI is InChI=1S/C19H16BrN3/c20-13-3-1-12(2-4-13)11-23-18-7-5-14(21)9-16(18)17-10-15(22)6-8-19(17)23/h1-10H,11,21-22H2. The van der Waals surface area contributed by atoms with E-state index in [-0.39, 0.29) is 0 Å². The lowest BCUT2D eigenvalue weighted by Crippen LogP contribution is -1.99. The van der Waals surface area contributed by atoms with E-state index in [0.717, 1.165) is 33.2 Å². The summed E-state index contributed by atoms with van der Waals surface area (Å²) in [6.07, 6.45) is 0. The van der Waals surface area contributed by atoms with Crippen molar-refractivity contribution in [3.63, 3.8) is 0 Å². The van der Waals surface area contributed by atoms with Gasteiger partial charge < -0.3 is 16.0 Å². The largest absolute Gasteiger partial charge is 0.399 e. The molecule has 0 saturated carbocycles. The highest BCUT2D eigenvalue weighted by atomic mass is 79.9. The molecule has 0 saturated heterocycles. The minimum absolute atomic E-state index is 0.766. The van der Waals surface area contributed by atoms with Crippen LogP contribution in [0.2, 0.25) is 0 Å². The van der Waals surface area contributed by atoms with Crippen molar-refractivity contribution < 1.29 is 0 Å². The maximum Gasteiger partial charge on any atom is 0.0496 e. The second kappa shape index (κ2) is 5.32. The van der Waals surface area contributed by atoms with Crippen molar-refractivity contribution in [2.45, 2.75) is 6.54 Å². The molecule has 0 spiro atoms. The van der Waals surface area contributed by atoms with E-state index < -0.39 is 0 Å². The van der Waals surface area contributed by atoms with Gasteiger partial charge in [0.05, 0.1) is 0 Å². The van der Waals surface area contributed by atoms with Gasteiger partial charge in [-0.2, -0.15) is 0 Å². The third-order valence-corrected chi connectivity index (χ3v) is 4.70. The molecule has 0 radical (unpaired) electrons. The van der Waals surface area contributed by atoms with E-state index in [9.17, 15) is 0 Å². The van der Waals surface area contributed by atoms with E-state index in [1.54, 1.807) is 0 Å². The van der Waals surface area contributed by atoms with Gasteiger partial charge in [-0.25, -0.2) is 0 Å². The Morgan fingerprint density at radius 2 is 1.26 bits per heavy atom. The highest BCUT2D eigenvalue weighted by Gasteiger charge is 2.11. The summed E-state index contributed by atoms with van der Waals surface area (Å²) in [6, 6.07) is 20.5. The van der Waals surface area contributed by atoms with Gasteiger partial charge in [-0.15, -0.1) is 0 Å². The number of hydrogen-bond acceptors (Lipinski definition) is 2. The van der Waals surface area contributed by atoms with Gasteiger partial charge in [-0.3, -0.25) is 0 Å². The minimum Gasteiger partial charge on any atom is -0.399 e. The first-order valence-electron chi connectivity index (χ1n) is 7.43. The highest BCUT2D eigenvalue weighted by molar-refractivity contribution is 9.10. The molecule has 0 aliphatic rings. The van der Waals surface area contributed by atoms with Crippen LogP contribution in [-0.2, 0) is 6.54 Å². The third kappa shape index (κ3) is 2.45. The minimum atomic E-state index is 0.766. The first kappa shape index (κ1) is 14.2. The van der Waals surface area contributed by atoms with E-state index in [4.69, 9.17) is 11.5 Å². The summed E-state index contributed by atoms with van der Waals surface area (Å²) in [5.41, 5.74) is 17.1. The predicted octanol–water partition coefficient (Wildman–Crippen LogP) is 4.77. The number of halogens is 1. The zero-order valence-electron chi connectivity index (χ0n) is 12.5. The number of nitrogen functional groups attached to an aromatic ring is 2. The Bertz CT molecular complexity index is 957. The summed E-state index contributed by atoms with van der Waals surface area (Å²) >= 11 is 3.48. The zero-order chi connectivity index (χ0) is 16.0. The molecule has 3 aromatic carbocycles. The third-order valence-electron chi connectivity index (χ3n) is 4.17. The fourth-order valence-corrected chi connectivity index (χ4v) is 3.35. The molecule has 0 fully saturated rings. The number of benzene rings is 3.